The smallest absolute Gasteiger partial charge is 0.346 e. The molecule has 33 heavy (non-hydrogen) atoms. The summed E-state index contributed by atoms with van der Waals surface area (Å²) < 4.78 is 44.9. The summed E-state index contributed by atoms with van der Waals surface area (Å²) in [6.07, 6.45) is 7.85. The highest BCUT2D eigenvalue weighted by Gasteiger charge is 2.22. The van der Waals surface area contributed by atoms with E-state index in [-0.39, 0.29) is 16.9 Å². The number of hydrogen-bond donors (Lipinski definition) is 0. The highest BCUT2D eigenvalue weighted by Crippen LogP contribution is 2.28. The van der Waals surface area contributed by atoms with Crippen LogP contribution in [0.5, 0.6) is 11.5 Å². The van der Waals surface area contributed by atoms with Gasteiger partial charge in [0.2, 0.25) is 0 Å². The molecule has 0 heterocycles. The minimum atomic E-state index is -0.958. The summed E-state index contributed by atoms with van der Waals surface area (Å²) in [5.74, 6) is -1.94. The number of nitriles is 1. The lowest BCUT2D eigenvalue weighted by atomic mass is 9.88. The predicted octanol–water partition coefficient (Wildman–Crippen LogP) is 6.20. The van der Waals surface area contributed by atoms with E-state index in [0.29, 0.717) is 24.4 Å². The number of nitrogens with zero attached hydrogens (tertiary/aromatic N) is 1. The van der Waals surface area contributed by atoms with Crippen molar-refractivity contribution in [3.8, 4) is 17.6 Å². The normalized spacial score (nSPS) is 17.9. The molecule has 0 radical (unpaired) electrons. The third kappa shape index (κ3) is 7.26. The molecular formula is C26H29F2NO4. The van der Waals surface area contributed by atoms with Gasteiger partial charge in [0.25, 0.3) is 0 Å². The monoisotopic (exact) mass is 457 g/mol. The van der Waals surface area contributed by atoms with Crippen LogP contribution in [0.1, 0.15) is 67.8 Å². The van der Waals surface area contributed by atoms with Gasteiger partial charge in [-0.15, -0.1) is 0 Å². The van der Waals surface area contributed by atoms with Crippen LogP contribution in [0, 0.1) is 28.9 Å². The minimum absolute atomic E-state index is 0.110. The number of rotatable bonds is 10. The quantitative estimate of drug-likeness (QED) is 0.241. The van der Waals surface area contributed by atoms with Crippen molar-refractivity contribution in [2.45, 2.75) is 58.0 Å². The summed E-state index contributed by atoms with van der Waals surface area (Å²) in [7, 11) is 0. The van der Waals surface area contributed by atoms with Crippen molar-refractivity contribution in [2.75, 3.05) is 13.2 Å². The average Bonchev–Trinajstić information content (AvgIpc) is 2.81. The van der Waals surface area contributed by atoms with Crippen LogP contribution in [0.3, 0.4) is 0 Å². The number of carbonyl (C=O) groups is 1. The Morgan fingerprint density at radius 3 is 2.42 bits per heavy atom. The zero-order valence-corrected chi connectivity index (χ0v) is 18.8. The summed E-state index contributed by atoms with van der Waals surface area (Å²) in [4.78, 5) is 12.3. The predicted molar refractivity (Wildman–Crippen MR) is 119 cm³/mol. The Hall–Kier alpha value is -2.98. The highest BCUT2D eigenvalue weighted by atomic mass is 19.1. The van der Waals surface area contributed by atoms with E-state index in [9.17, 15) is 13.6 Å². The first-order valence-corrected chi connectivity index (χ1v) is 11.5. The zero-order valence-electron chi connectivity index (χ0n) is 18.8. The van der Waals surface area contributed by atoms with Gasteiger partial charge in [0, 0.05) is 18.7 Å². The van der Waals surface area contributed by atoms with Crippen LogP contribution in [0.25, 0.3) is 0 Å². The van der Waals surface area contributed by atoms with Gasteiger partial charge >= 0.3 is 5.97 Å². The maximum atomic E-state index is 14.5. The SMILES string of the molecule is CCCCCO[C@H]1CC[C@H](COc2ccc(C(=O)Oc3ccc(C#N)c(F)c3)c(F)c2)CC1. The molecule has 7 heteroatoms. The van der Waals surface area contributed by atoms with Gasteiger partial charge in [0.15, 0.2) is 0 Å². The zero-order chi connectivity index (χ0) is 23.6. The van der Waals surface area contributed by atoms with Gasteiger partial charge in [-0.1, -0.05) is 19.8 Å². The second kappa shape index (κ2) is 12.3. The van der Waals surface area contributed by atoms with Crippen molar-refractivity contribution in [1.82, 2.24) is 0 Å². The van der Waals surface area contributed by atoms with Gasteiger partial charge in [-0.05, 0) is 62.3 Å². The van der Waals surface area contributed by atoms with Crippen LogP contribution in [0.15, 0.2) is 36.4 Å². The van der Waals surface area contributed by atoms with E-state index in [1.54, 1.807) is 6.07 Å². The molecule has 0 N–H and O–H groups in total. The Morgan fingerprint density at radius 2 is 1.76 bits per heavy atom. The van der Waals surface area contributed by atoms with Crippen molar-refractivity contribution in [3.63, 3.8) is 0 Å². The second-order valence-corrected chi connectivity index (χ2v) is 8.32. The van der Waals surface area contributed by atoms with Gasteiger partial charge in [-0.2, -0.15) is 5.26 Å². The molecule has 0 amide bonds. The summed E-state index contributed by atoms with van der Waals surface area (Å²) >= 11 is 0. The standard InChI is InChI=1S/C26H29F2NO4/c1-2-3-4-13-31-20-8-5-18(6-9-20)17-32-21-11-12-23(25(28)14-21)26(30)33-22-10-7-19(16-29)24(27)15-22/h7,10-12,14-15,18,20H,2-6,8-9,13,17H2,1H3/t18-,20-. The summed E-state index contributed by atoms with van der Waals surface area (Å²) in [6, 6.07) is 9.01. The van der Waals surface area contributed by atoms with E-state index in [1.165, 1.54) is 37.1 Å². The van der Waals surface area contributed by atoms with E-state index in [2.05, 4.69) is 6.92 Å². The summed E-state index contributed by atoms with van der Waals surface area (Å²) in [6.45, 7) is 3.49. The van der Waals surface area contributed by atoms with E-state index in [0.717, 1.165) is 50.8 Å². The molecule has 0 bridgehead atoms. The van der Waals surface area contributed by atoms with Gasteiger partial charge in [-0.25, -0.2) is 13.6 Å². The molecule has 0 atom stereocenters. The van der Waals surface area contributed by atoms with Crippen LogP contribution in [-0.4, -0.2) is 25.3 Å². The third-order valence-corrected chi connectivity index (χ3v) is 5.81. The van der Waals surface area contributed by atoms with E-state index < -0.39 is 17.6 Å². The van der Waals surface area contributed by atoms with Gasteiger partial charge in [0.05, 0.1) is 23.8 Å². The molecule has 0 aliphatic heterocycles. The Morgan fingerprint density at radius 1 is 1.03 bits per heavy atom. The Kier molecular flexibility index (Phi) is 9.20. The van der Waals surface area contributed by atoms with E-state index in [4.69, 9.17) is 19.5 Å². The maximum Gasteiger partial charge on any atom is 0.346 e. The third-order valence-electron chi connectivity index (χ3n) is 5.81. The molecule has 0 unspecified atom stereocenters. The molecule has 1 aliphatic rings. The molecule has 0 spiro atoms. The highest BCUT2D eigenvalue weighted by molar-refractivity contribution is 5.91. The maximum absolute atomic E-state index is 14.5. The second-order valence-electron chi connectivity index (χ2n) is 8.32. The lowest BCUT2D eigenvalue weighted by Crippen LogP contribution is -2.25. The molecule has 2 aromatic carbocycles. The lowest BCUT2D eigenvalue weighted by molar-refractivity contribution is 0.0112. The Bertz CT molecular complexity index is 981. The van der Waals surface area contributed by atoms with Crippen molar-refractivity contribution in [3.05, 3.63) is 59.2 Å². The first-order valence-electron chi connectivity index (χ1n) is 11.5. The Labute approximate surface area is 193 Å². The topological polar surface area (TPSA) is 68.6 Å². The van der Waals surface area contributed by atoms with Gasteiger partial charge < -0.3 is 14.2 Å². The first kappa shape index (κ1) is 24.7. The number of benzene rings is 2. The fourth-order valence-corrected chi connectivity index (χ4v) is 3.84. The van der Waals surface area contributed by atoms with Crippen LogP contribution >= 0.6 is 0 Å². The summed E-state index contributed by atoms with van der Waals surface area (Å²) in [5, 5.41) is 8.75. The van der Waals surface area contributed by atoms with Crippen molar-refractivity contribution < 1.29 is 27.8 Å². The molecule has 1 saturated carbocycles. The van der Waals surface area contributed by atoms with Crippen LogP contribution in [0.2, 0.25) is 0 Å². The molecule has 5 nitrogen and oxygen atoms in total. The van der Waals surface area contributed by atoms with E-state index in [1.807, 2.05) is 0 Å². The van der Waals surface area contributed by atoms with E-state index >= 15 is 0 Å². The number of hydrogen-bond acceptors (Lipinski definition) is 5. The Balaban J connectivity index is 1.46. The molecule has 176 valence electrons. The number of halogens is 2. The number of esters is 1. The number of ether oxygens (including phenoxy) is 3. The minimum Gasteiger partial charge on any atom is -0.493 e. The van der Waals surface area contributed by atoms with Crippen LogP contribution in [-0.2, 0) is 4.74 Å². The van der Waals surface area contributed by atoms with Crippen LogP contribution < -0.4 is 9.47 Å². The molecule has 3 rings (SSSR count). The molecule has 1 aliphatic carbocycles. The molecule has 0 aromatic heterocycles. The fourth-order valence-electron chi connectivity index (χ4n) is 3.84. The molecule has 0 saturated heterocycles. The molecule has 1 fully saturated rings. The van der Waals surface area contributed by atoms with Crippen molar-refractivity contribution >= 4 is 5.97 Å². The fraction of sp³-hybridized carbons (Fsp3) is 0.462. The van der Waals surface area contributed by atoms with Gasteiger partial charge in [0.1, 0.15) is 29.2 Å². The van der Waals surface area contributed by atoms with Crippen molar-refractivity contribution in [2.24, 2.45) is 5.92 Å². The van der Waals surface area contributed by atoms with Crippen molar-refractivity contribution in [1.29, 1.82) is 5.26 Å². The van der Waals surface area contributed by atoms with Gasteiger partial charge in [-0.3, -0.25) is 0 Å². The molecule has 2 aromatic rings. The lowest BCUT2D eigenvalue weighted by Gasteiger charge is -2.28. The first-order chi connectivity index (χ1) is 16.0. The molecular weight excluding hydrogens is 428 g/mol. The number of carbonyl (C=O) groups excluding carboxylic acids is 1. The number of unbranched alkanes of at least 4 members (excludes halogenated alkanes) is 2. The summed E-state index contributed by atoms with van der Waals surface area (Å²) in [5.41, 5.74) is -0.455. The average molecular weight is 458 g/mol. The van der Waals surface area contributed by atoms with Crippen LogP contribution in [0.4, 0.5) is 8.78 Å². The largest absolute Gasteiger partial charge is 0.493 e.